The second-order valence-corrected chi connectivity index (χ2v) is 7.02. The molecule has 0 aliphatic heterocycles. The molecule has 1 amide bonds. The van der Waals surface area contributed by atoms with Crippen LogP contribution in [-0.4, -0.2) is 43.7 Å². The normalized spacial score (nSPS) is 10.8. The summed E-state index contributed by atoms with van der Waals surface area (Å²) in [5.74, 6) is 0.601. The van der Waals surface area contributed by atoms with Crippen molar-refractivity contribution >= 4 is 33.3 Å². The Hall–Kier alpha value is -3.46. The fourth-order valence-corrected chi connectivity index (χ4v) is 3.19. The maximum absolute atomic E-state index is 12.1. The molecule has 0 radical (unpaired) electrons. The van der Waals surface area contributed by atoms with Gasteiger partial charge in [0.25, 0.3) is 5.91 Å². The van der Waals surface area contributed by atoms with Crippen LogP contribution in [0, 0.1) is 0 Å². The lowest BCUT2D eigenvalue weighted by Crippen LogP contribution is -2.29. The van der Waals surface area contributed by atoms with Gasteiger partial charge in [0, 0.05) is 30.9 Å². The Bertz CT molecular complexity index is 1160. The third-order valence-corrected chi connectivity index (χ3v) is 4.78. The molecule has 0 saturated heterocycles. The Balaban J connectivity index is 1.52. The number of fused-ring (bicyclic) bond motifs is 1. The lowest BCUT2D eigenvalue weighted by Gasteiger charge is -2.12. The quantitative estimate of drug-likeness (QED) is 0.388. The molecular formula is C20H17BrN6O2. The molecule has 4 aromatic rings. The van der Waals surface area contributed by atoms with Crippen LogP contribution in [0.25, 0.3) is 16.9 Å². The van der Waals surface area contributed by atoms with Crippen LogP contribution in [0.1, 0.15) is 10.5 Å². The monoisotopic (exact) mass is 452 g/mol. The molecule has 0 aliphatic rings. The summed E-state index contributed by atoms with van der Waals surface area (Å²) in [6.07, 6.45) is 3.24. The number of anilines is 1. The molecule has 0 saturated carbocycles. The van der Waals surface area contributed by atoms with E-state index in [1.54, 1.807) is 53.3 Å². The highest BCUT2D eigenvalue weighted by atomic mass is 79.9. The summed E-state index contributed by atoms with van der Waals surface area (Å²) in [5, 5.41) is 20.6. The topological polar surface area (TPSA) is 104 Å². The molecule has 0 spiro atoms. The SMILES string of the molecule is O=C(NCCNc1cc(-c2ccccc2O)nc2c(Br)cnn12)c1ccccn1. The summed E-state index contributed by atoms with van der Waals surface area (Å²) in [4.78, 5) is 20.7. The smallest absolute Gasteiger partial charge is 0.269 e. The zero-order chi connectivity index (χ0) is 20.2. The number of carbonyl (C=O) groups is 1. The van der Waals surface area contributed by atoms with Crippen LogP contribution in [0.4, 0.5) is 5.82 Å². The van der Waals surface area contributed by atoms with E-state index in [0.717, 1.165) is 4.47 Å². The van der Waals surface area contributed by atoms with Gasteiger partial charge in [-0.3, -0.25) is 9.78 Å². The van der Waals surface area contributed by atoms with Crippen LogP contribution in [0.3, 0.4) is 0 Å². The zero-order valence-corrected chi connectivity index (χ0v) is 16.8. The number of phenolic OH excluding ortho intramolecular Hbond substituents is 1. The van der Waals surface area contributed by atoms with Crippen molar-refractivity contribution in [3.05, 3.63) is 71.1 Å². The average molecular weight is 453 g/mol. The van der Waals surface area contributed by atoms with Crippen LogP contribution in [0.15, 0.2) is 65.4 Å². The minimum atomic E-state index is -0.232. The first-order chi connectivity index (χ1) is 14.1. The summed E-state index contributed by atoms with van der Waals surface area (Å²) in [5.41, 5.74) is 2.22. The summed E-state index contributed by atoms with van der Waals surface area (Å²) < 4.78 is 2.40. The highest BCUT2D eigenvalue weighted by Gasteiger charge is 2.13. The predicted molar refractivity (Wildman–Crippen MR) is 113 cm³/mol. The van der Waals surface area contributed by atoms with Gasteiger partial charge in [0.1, 0.15) is 17.3 Å². The van der Waals surface area contributed by atoms with Gasteiger partial charge in [-0.1, -0.05) is 18.2 Å². The van der Waals surface area contributed by atoms with Gasteiger partial charge in [0.15, 0.2) is 5.65 Å². The van der Waals surface area contributed by atoms with E-state index in [9.17, 15) is 9.90 Å². The highest BCUT2D eigenvalue weighted by molar-refractivity contribution is 9.10. The molecular weight excluding hydrogens is 436 g/mol. The second kappa shape index (κ2) is 8.27. The molecule has 146 valence electrons. The number of nitrogens with zero attached hydrogens (tertiary/aromatic N) is 4. The number of carbonyl (C=O) groups excluding carboxylic acids is 1. The van der Waals surface area contributed by atoms with E-state index in [1.165, 1.54) is 0 Å². The summed E-state index contributed by atoms with van der Waals surface area (Å²) in [6.45, 7) is 0.864. The van der Waals surface area contributed by atoms with E-state index in [4.69, 9.17) is 0 Å². The van der Waals surface area contributed by atoms with Crippen molar-refractivity contribution in [3.8, 4) is 17.0 Å². The van der Waals surface area contributed by atoms with E-state index in [1.807, 2.05) is 12.1 Å². The van der Waals surface area contributed by atoms with E-state index in [0.29, 0.717) is 41.5 Å². The number of halogens is 1. The van der Waals surface area contributed by atoms with Crippen LogP contribution < -0.4 is 10.6 Å². The first-order valence-electron chi connectivity index (χ1n) is 8.89. The van der Waals surface area contributed by atoms with Crippen molar-refractivity contribution < 1.29 is 9.90 Å². The largest absolute Gasteiger partial charge is 0.507 e. The van der Waals surface area contributed by atoms with Gasteiger partial charge in [-0.25, -0.2) is 4.98 Å². The molecule has 4 rings (SSSR count). The highest BCUT2D eigenvalue weighted by Crippen LogP contribution is 2.30. The molecule has 0 aliphatic carbocycles. The number of aromatic hydroxyl groups is 1. The molecule has 0 unspecified atom stereocenters. The fourth-order valence-electron chi connectivity index (χ4n) is 2.84. The number of rotatable bonds is 6. The third kappa shape index (κ3) is 4.04. The number of phenols is 1. The summed E-state index contributed by atoms with van der Waals surface area (Å²) >= 11 is 3.45. The number of pyridine rings is 1. The first-order valence-corrected chi connectivity index (χ1v) is 9.68. The summed E-state index contributed by atoms with van der Waals surface area (Å²) in [7, 11) is 0. The van der Waals surface area contributed by atoms with Crippen LogP contribution in [-0.2, 0) is 0 Å². The zero-order valence-electron chi connectivity index (χ0n) is 15.2. The van der Waals surface area contributed by atoms with Gasteiger partial charge in [0.05, 0.1) is 16.4 Å². The number of amides is 1. The van der Waals surface area contributed by atoms with Gasteiger partial charge < -0.3 is 15.7 Å². The van der Waals surface area contributed by atoms with Crippen LogP contribution in [0.5, 0.6) is 5.75 Å². The van der Waals surface area contributed by atoms with Crippen molar-refractivity contribution in [2.45, 2.75) is 0 Å². The Labute approximate surface area is 174 Å². The molecule has 9 heteroatoms. The van der Waals surface area contributed by atoms with Crippen molar-refractivity contribution in [2.75, 3.05) is 18.4 Å². The molecule has 0 fully saturated rings. The Kier molecular flexibility index (Phi) is 5.39. The molecule has 3 heterocycles. The number of para-hydroxylation sites is 1. The van der Waals surface area contributed by atoms with Gasteiger partial charge in [-0.2, -0.15) is 9.61 Å². The molecule has 3 aromatic heterocycles. The number of hydrogen-bond acceptors (Lipinski definition) is 6. The van der Waals surface area contributed by atoms with Gasteiger partial charge in [0.2, 0.25) is 0 Å². The lowest BCUT2D eigenvalue weighted by atomic mass is 10.1. The Morgan fingerprint density at radius 1 is 1.14 bits per heavy atom. The van der Waals surface area contributed by atoms with Crippen molar-refractivity contribution in [1.82, 2.24) is 24.9 Å². The number of aromatic nitrogens is 4. The van der Waals surface area contributed by atoms with Crippen molar-refractivity contribution in [2.24, 2.45) is 0 Å². The van der Waals surface area contributed by atoms with Gasteiger partial charge >= 0.3 is 0 Å². The average Bonchev–Trinajstić information content (AvgIpc) is 3.13. The predicted octanol–water partition coefficient (Wildman–Crippen LogP) is 3.10. The van der Waals surface area contributed by atoms with Crippen molar-refractivity contribution in [3.63, 3.8) is 0 Å². The standard InChI is InChI=1S/C20H17BrN6O2/c21-14-12-25-27-18(23-9-10-24-20(29)15-6-3-4-8-22-15)11-16(26-19(14)27)13-5-1-2-7-17(13)28/h1-8,11-12,23,28H,9-10H2,(H,24,29). The number of hydrogen-bond donors (Lipinski definition) is 3. The molecule has 29 heavy (non-hydrogen) atoms. The molecule has 3 N–H and O–H groups in total. The van der Waals surface area contributed by atoms with Gasteiger partial charge in [-0.05, 0) is 40.2 Å². The molecule has 1 aromatic carbocycles. The third-order valence-electron chi connectivity index (χ3n) is 4.22. The van der Waals surface area contributed by atoms with E-state index in [-0.39, 0.29) is 11.7 Å². The maximum atomic E-state index is 12.1. The minimum Gasteiger partial charge on any atom is -0.507 e. The fraction of sp³-hybridized carbons (Fsp3) is 0.100. The Morgan fingerprint density at radius 3 is 2.76 bits per heavy atom. The summed E-state index contributed by atoms with van der Waals surface area (Å²) in [6, 6.07) is 14.0. The van der Waals surface area contributed by atoms with Crippen molar-refractivity contribution in [1.29, 1.82) is 0 Å². The minimum absolute atomic E-state index is 0.147. The van der Waals surface area contributed by atoms with E-state index in [2.05, 4.69) is 41.6 Å². The molecule has 0 atom stereocenters. The van der Waals surface area contributed by atoms with Crippen LogP contribution in [0.2, 0.25) is 0 Å². The number of nitrogens with one attached hydrogen (secondary N) is 2. The molecule has 0 bridgehead atoms. The van der Waals surface area contributed by atoms with E-state index < -0.39 is 0 Å². The van der Waals surface area contributed by atoms with Crippen LogP contribution >= 0.6 is 15.9 Å². The Morgan fingerprint density at radius 2 is 1.97 bits per heavy atom. The lowest BCUT2D eigenvalue weighted by molar-refractivity contribution is 0.0950. The second-order valence-electron chi connectivity index (χ2n) is 6.17. The molecule has 8 nitrogen and oxygen atoms in total. The number of benzene rings is 1. The first kappa shape index (κ1) is 18.9. The van der Waals surface area contributed by atoms with E-state index >= 15 is 0 Å². The maximum Gasteiger partial charge on any atom is 0.269 e. The van der Waals surface area contributed by atoms with Gasteiger partial charge in [-0.15, -0.1) is 0 Å².